The number of carbonyl (C=O) groups excluding carboxylic acids is 2. The third kappa shape index (κ3) is 6.57. The Labute approximate surface area is 221 Å². The van der Waals surface area contributed by atoms with Gasteiger partial charge in [0.15, 0.2) is 0 Å². The zero-order chi connectivity index (χ0) is 26.5. The Morgan fingerprint density at radius 1 is 0.944 bits per heavy atom. The highest BCUT2D eigenvalue weighted by Gasteiger charge is 2.32. The fourth-order valence-corrected chi connectivity index (χ4v) is 5.53. The Hall–Kier alpha value is -3.07. The second-order valence-electron chi connectivity index (χ2n) is 8.25. The summed E-state index contributed by atoms with van der Waals surface area (Å²) in [5, 5.41) is 2.98. The number of hydrogen-bond donors (Lipinski definition) is 1. The predicted molar refractivity (Wildman–Crippen MR) is 143 cm³/mol. The third-order valence-electron chi connectivity index (χ3n) is 5.63. The van der Waals surface area contributed by atoms with Gasteiger partial charge >= 0.3 is 0 Å². The smallest absolute Gasteiger partial charge is 0.264 e. The van der Waals surface area contributed by atoms with E-state index in [-0.39, 0.29) is 33.1 Å². The molecule has 0 aliphatic heterocycles. The topological polar surface area (TPSA) is 86.8 Å². The van der Waals surface area contributed by atoms with E-state index in [0.29, 0.717) is 0 Å². The number of nitrogens with zero attached hydrogens (tertiary/aromatic N) is 2. The fourth-order valence-electron chi connectivity index (χ4n) is 3.62. The summed E-state index contributed by atoms with van der Waals surface area (Å²) in [5.74, 6) is -0.945. The molecule has 3 rings (SSSR count). The van der Waals surface area contributed by atoms with Crippen LogP contribution in [0.15, 0.2) is 77.7 Å². The van der Waals surface area contributed by atoms with Gasteiger partial charge in [-0.15, -0.1) is 0 Å². The highest BCUT2D eigenvalue weighted by atomic mass is 35.5. The molecule has 0 heterocycles. The van der Waals surface area contributed by atoms with Crippen LogP contribution in [0, 0.1) is 6.92 Å². The van der Waals surface area contributed by atoms with Gasteiger partial charge < -0.3 is 10.2 Å². The van der Waals surface area contributed by atoms with Crippen LogP contribution in [0.2, 0.25) is 10.0 Å². The molecule has 0 spiro atoms. The lowest BCUT2D eigenvalue weighted by Gasteiger charge is -2.32. The summed E-state index contributed by atoms with van der Waals surface area (Å²) in [6.45, 7) is 2.98. The molecule has 1 atom stereocenters. The number of carbonyl (C=O) groups is 2. The molecule has 0 fully saturated rings. The zero-order valence-electron chi connectivity index (χ0n) is 20.1. The molecular formula is C26H27Cl2N3O4S. The van der Waals surface area contributed by atoms with Crippen LogP contribution in [0.1, 0.15) is 18.1 Å². The first-order chi connectivity index (χ1) is 17.0. The molecule has 0 aliphatic rings. The summed E-state index contributed by atoms with van der Waals surface area (Å²) in [4.78, 5) is 27.5. The van der Waals surface area contributed by atoms with Crippen LogP contribution in [-0.4, -0.2) is 44.8 Å². The van der Waals surface area contributed by atoms with E-state index in [0.717, 1.165) is 15.4 Å². The van der Waals surface area contributed by atoms with Crippen molar-refractivity contribution in [2.45, 2.75) is 31.3 Å². The third-order valence-corrected chi connectivity index (χ3v) is 7.86. The fraction of sp³-hybridized carbons (Fsp3) is 0.231. The van der Waals surface area contributed by atoms with Crippen molar-refractivity contribution in [3.8, 4) is 0 Å². The van der Waals surface area contributed by atoms with Crippen LogP contribution in [0.3, 0.4) is 0 Å². The monoisotopic (exact) mass is 547 g/mol. The van der Waals surface area contributed by atoms with Gasteiger partial charge in [0, 0.05) is 23.6 Å². The molecule has 0 unspecified atom stereocenters. The Bertz CT molecular complexity index is 1310. The highest BCUT2D eigenvalue weighted by Crippen LogP contribution is 2.30. The molecule has 10 heteroatoms. The highest BCUT2D eigenvalue weighted by molar-refractivity contribution is 7.92. The van der Waals surface area contributed by atoms with Gasteiger partial charge in [0.25, 0.3) is 10.0 Å². The molecule has 0 bridgehead atoms. The number of aryl methyl sites for hydroxylation is 1. The molecule has 1 N–H and O–H groups in total. The summed E-state index contributed by atoms with van der Waals surface area (Å²) in [6, 6.07) is 18.9. The number of halogens is 2. The van der Waals surface area contributed by atoms with E-state index in [9.17, 15) is 18.0 Å². The van der Waals surface area contributed by atoms with Crippen LogP contribution in [0.5, 0.6) is 0 Å². The van der Waals surface area contributed by atoms with Crippen molar-refractivity contribution in [1.29, 1.82) is 0 Å². The first-order valence-electron chi connectivity index (χ1n) is 11.1. The number of rotatable bonds is 9. The van der Waals surface area contributed by atoms with Crippen molar-refractivity contribution in [3.63, 3.8) is 0 Å². The SMILES string of the molecule is CNC(=O)[C@@H](C)N(Cc1ccccc1)C(=O)CN(c1cc(Cl)cc(Cl)c1)S(=O)(=O)c1ccc(C)cc1. The summed E-state index contributed by atoms with van der Waals surface area (Å²) >= 11 is 12.3. The number of nitrogens with one attached hydrogen (secondary N) is 1. The average molecular weight is 548 g/mol. The van der Waals surface area contributed by atoms with E-state index in [2.05, 4.69) is 5.32 Å². The standard InChI is InChI=1S/C26H27Cl2N3O4S/c1-18-9-11-24(12-10-18)36(34,35)31(23-14-21(27)13-22(28)15-23)17-25(32)30(19(2)26(33)29-3)16-20-7-5-4-6-8-20/h4-15,19H,16-17H2,1-3H3,(H,29,33)/t19-/m1/s1. The summed E-state index contributed by atoms with van der Waals surface area (Å²) in [5.41, 5.74) is 1.81. The molecule has 2 amide bonds. The maximum Gasteiger partial charge on any atom is 0.264 e. The number of anilines is 1. The summed E-state index contributed by atoms with van der Waals surface area (Å²) < 4.78 is 28.4. The van der Waals surface area contributed by atoms with Crippen molar-refractivity contribution >= 4 is 50.7 Å². The maximum atomic E-state index is 13.7. The summed E-state index contributed by atoms with van der Waals surface area (Å²) in [6.07, 6.45) is 0. The van der Waals surface area contributed by atoms with E-state index < -0.39 is 28.5 Å². The Kier molecular flexibility index (Phi) is 9.00. The number of likely N-dealkylation sites (N-methyl/N-ethyl adjacent to an activating group) is 1. The van der Waals surface area contributed by atoms with Crippen molar-refractivity contribution in [3.05, 3.63) is 94.0 Å². The van der Waals surface area contributed by atoms with Crippen molar-refractivity contribution in [1.82, 2.24) is 10.2 Å². The van der Waals surface area contributed by atoms with Crippen molar-refractivity contribution < 1.29 is 18.0 Å². The summed E-state index contributed by atoms with van der Waals surface area (Å²) in [7, 11) is -2.71. The lowest BCUT2D eigenvalue weighted by molar-refractivity contribution is -0.139. The molecule has 190 valence electrons. The minimum absolute atomic E-state index is 0.00552. The Balaban J connectivity index is 2.06. The van der Waals surface area contributed by atoms with Crippen LogP contribution in [-0.2, 0) is 26.2 Å². The second-order valence-corrected chi connectivity index (χ2v) is 11.0. The molecule has 36 heavy (non-hydrogen) atoms. The van der Waals surface area contributed by atoms with E-state index in [1.165, 1.54) is 42.3 Å². The Morgan fingerprint density at radius 2 is 1.53 bits per heavy atom. The molecule has 0 saturated heterocycles. The van der Waals surface area contributed by atoms with Gasteiger partial charge in [0.1, 0.15) is 12.6 Å². The van der Waals surface area contributed by atoms with E-state index >= 15 is 0 Å². The van der Waals surface area contributed by atoms with Crippen molar-refractivity contribution in [2.75, 3.05) is 17.9 Å². The lowest BCUT2D eigenvalue weighted by Crippen LogP contribution is -2.50. The number of hydrogen-bond acceptors (Lipinski definition) is 4. The van der Waals surface area contributed by atoms with E-state index in [4.69, 9.17) is 23.2 Å². The van der Waals surface area contributed by atoms with E-state index in [1.807, 2.05) is 37.3 Å². The molecule has 0 aliphatic carbocycles. The maximum absolute atomic E-state index is 13.7. The quantitative estimate of drug-likeness (QED) is 0.422. The average Bonchev–Trinajstić information content (AvgIpc) is 2.85. The lowest BCUT2D eigenvalue weighted by atomic mass is 10.1. The molecule has 3 aromatic carbocycles. The van der Waals surface area contributed by atoms with Crippen LogP contribution in [0.4, 0.5) is 5.69 Å². The molecule has 0 aromatic heterocycles. The van der Waals surface area contributed by atoms with Gasteiger partial charge in [0.2, 0.25) is 11.8 Å². The second kappa shape index (κ2) is 11.8. The number of benzene rings is 3. The zero-order valence-corrected chi connectivity index (χ0v) is 22.4. The number of amides is 2. The van der Waals surface area contributed by atoms with E-state index in [1.54, 1.807) is 19.1 Å². The Morgan fingerprint density at radius 3 is 2.08 bits per heavy atom. The molecular weight excluding hydrogens is 521 g/mol. The van der Waals surface area contributed by atoms with Gasteiger partial charge in [-0.25, -0.2) is 8.42 Å². The first kappa shape index (κ1) is 27.5. The van der Waals surface area contributed by atoms with Gasteiger partial charge in [-0.3, -0.25) is 13.9 Å². The van der Waals surface area contributed by atoms with Gasteiger partial charge in [-0.05, 0) is 49.7 Å². The first-order valence-corrected chi connectivity index (χ1v) is 13.3. The normalized spacial score (nSPS) is 12.0. The molecule has 0 radical (unpaired) electrons. The minimum atomic E-state index is -4.19. The van der Waals surface area contributed by atoms with Gasteiger partial charge in [-0.1, -0.05) is 71.2 Å². The number of sulfonamides is 1. The minimum Gasteiger partial charge on any atom is -0.357 e. The largest absolute Gasteiger partial charge is 0.357 e. The van der Waals surface area contributed by atoms with Crippen LogP contribution >= 0.6 is 23.2 Å². The molecule has 3 aromatic rings. The van der Waals surface area contributed by atoms with Gasteiger partial charge in [-0.2, -0.15) is 0 Å². The predicted octanol–water partition coefficient (Wildman–Crippen LogP) is 4.66. The molecule has 0 saturated carbocycles. The van der Waals surface area contributed by atoms with Crippen LogP contribution in [0.25, 0.3) is 0 Å². The van der Waals surface area contributed by atoms with Crippen LogP contribution < -0.4 is 9.62 Å². The van der Waals surface area contributed by atoms with Crippen molar-refractivity contribution in [2.24, 2.45) is 0 Å². The van der Waals surface area contributed by atoms with Gasteiger partial charge in [0.05, 0.1) is 10.6 Å². The molecule has 7 nitrogen and oxygen atoms in total.